The van der Waals surface area contributed by atoms with Gasteiger partial charge in [0, 0.05) is 68.7 Å². The van der Waals surface area contributed by atoms with Gasteiger partial charge in [-0.1, -0.05) is 18.2 Å². The summed E-state index contributed by atoms with van der Waals surface area (Å²) in [6.45, 7) is 5.17. The minimum atomic E-state index is 0.109. The first-order chi connectivity index (χ1) is 15.7. The van der Waals surface area contributed by atoms with E-state index in [4.69, 9.17) is 9.72 Å². The van der Waals surface area contributed by atoms with Gasteiger partial charge >= 0.3 is 0 Å². The van der Waals surface area contributed by atoms with E-state index in [1.807, 2.05) is 12.1 Å². The summed E-state index contributed by atoms with van der Waals surface area (Å²) in [6.07, 6.45) is 4.72. The second-order valence-electron chi connectivity index (χ2n) is 8.56. The van der Waals surface area contributed by atoms with Crippen LogP contribution in [0, 0.1) is 5.92 Å². The van der Waals surface area contributed by atoms with E-state index in [0.717, 1.165) is 49.4 Å². The average Bonchev–Trinajstić information content (AvgIpc) is 2.84. The van der Waals surface area contributed by atoms with Crippen molar-refractivity contribution in [2.45, 2.75) is 12.8 Å². The Labute approximate surface area is 187 Å². The zero-order chi connectivity index (χ0) is 21.9. The lowest BCUT2D eigenvalue weighted by Gasteiger charge is -2.35. The predicted molar refractivity (Wildman–Crippen MR) is 124 cm³/mol. The van der Waals surface area contributed by atoms with Crippen LogP contribution < -0.4 is 15.0 Å². The van der Waals surface area contributed by atoms with E-state index in [0.29, 0.717) is 31.0 Å². The fourth-order valence-corrected chi connectivity index (χ4v) is 4.32. The maximum atomic E-state index is 11.5. The number of ether oxygens (including phenoxy) is 1. The molecule has 4 heterocycles. The van der Waals surface area contributed by atoms with E-state index in [2.05, 4.69) is 50.3 Å². The van der Waals surface area contributed by atoms with Crippen LogP contribution in [0.25, 0.3) is 22.3 Å². The molecular weight excluding hydrogens is 404 g/mol. The third-order valence-corrected chi connectivity index (χ3v) is 6.27. The third kappa shape index (κ3) is 4.36. The number of carbonyl (C=O) groups excluding carboxylic acids is 1. The Morgan fingerprint density at radius 3 is 2.75 bits per heavy atom. The van der Waals surface area contributed by atoms with Gasteiger partial charge in [0.05, 0.1) is 17.8 Å². The lowest BCUT2D eigenvalue weighted by Crippen LogP contribution is -2.44. The van der Waals surface area contributed by atoms with Gasteiger partial charge in [-0.25, -0.2) is 9.97 Å². The Morgan fingerprint density at radius 1 is 1.12 bits per heavy atom. The molecular formula is C24H28N6O2. The molecule has 2 aromatic heterocycles. The molecule has 0 spiro atoms. The van der Waals surface area contributed by atoms with E-state index >= 15 is 0 Å². The summed E-state index contributed by atoms with van der Waals surface area (Å²) in [4.78, 5) is 30.1. The Kier molecular flexibility index (Phi) is 5.85. The first-order valence-electron chi connectivity index (χ1n) is 11.2. The van der Waals surface area contributed by atoms with Crippen LogP contribution in [0.4, 0.5) is 5.69 Å². The number of para-hydroxylation sites is 1. The molecule has 1 unspecified atom stereocenters. The number of likely N-dealkylation sites (N-methyl/N-ethyl adjacent to an activating group) is 1. The minimum Gasteiger partial charge on any atom is -0.476 e. The molecule has 32 heavy (non-hydrogen) atoms. The van der Waals surface area contributed by atoms with Crippen molar-refractivity contribution in [3.8, 4) is 17.1 Å². The molecule has 8 nitrogen and oxygen atoms in total. The van der Waals surface area contributed by atoms with E-state index in [1.54, 1.807) is 12.4 Å². The van der Waals surface area contributed by atoms with Crippen LogP contribution in [0.5, 0.6) is 5.88 Å². The number of nitrogens with one attached hydrogen (secondary N) is 1. The van der Waals surface area contributed by atoms with Gasteiger partial charge < -0.3 is 19.9 Å². The van der Waals surface area contributed by atoms with Crippen molar-refractivity contribution in [1.29, 1.82) is 0 Å². The molecule has 2 aliphatic rings. The highest BCUT2D eigenvalue weighted by atomic mass is 16.5. The second kappa shape index (κ2) is 9.08. The lowest BCUT2D eigenvalue weighted by molar-refractivity contribution is -0.123. The van der Waals surface area contributed by atoms with Crippen molar-refractivity contribution in [1.82, 2.24) is 25.2 Å². The van der Waals surface area contributed by atoms with E-state index in [-0.39, 0.29) is 11.8 Å². The molecule has 1 atom stereocenters. The molecule has 1 aromatic carbocycles. The number of benzene rings is 1. The summed E-state index contributed by atoms with van der Waals surface area (Å²) in [5, 5.41) is 2.91. The standard InChI is InChI=1S/C24H28N6O2/c1-29-10-12-30(13-11-29)21-5-3-2-4-18(21)19-14-20-23(26-9-8-25-20)24(28-19)32-16-17-6-7-22(31)27-15-17/h2-5,8-9,14,17H,6-7,10-13,15-16H2,1H3,(H,27,31). The SMILES string of the molecule is CN1CCN(c2ccccc2-c2cc3nccnc3c(OCC3CCC(=O)NC3)n2)CC1. The van der Waals surface area contributed by atoms with Crippen molar-refractivity contribution < 1.29 is 9.53 Å². The fraction of sp³-hybridized carbons (Fsp3) is 0.417. The van der Waals surface area contributed by atoms with E-state index in [1.165, 1.54) is 5.69 Å². The number of fused-ring (bicyclic) bond motifs is 1. The first kappa shape index (κ1) is 20.6. The average molecular weight is 433 g/mol. The Morgan fingerprint density at radius 2 is 1.94 bits per heavy atom. The molecule has 0 saturated carbocycles. The number of hydrogen-bond donors (Lipinski definition) is 1. The normalized spacial score (nSPS) is 19.7. The van der Waals surface area contributed by atoms with Crippen LogP contribution in [0.3, 0.4) is 0 Å². The number of carbonyl (C=O) groups is 1. The Bertz CT molecular complexity index is 1100. The highest BCUT2D eigenvalue weighted by Crippen LogP contribution is 2.34. The molecule has 2 fully saturated rings. The molecule has 2 saturated heterocycles. The van der Waals surface area contributed by atoms with Crippen LogP contribution >= 0.6 is 0 Å². The van der Waals surface area contributed by atoms with Crippen molar-refractivity contribution in [2.75, 3.05) is 51.3 Å². The number of hydrogen-bond acceptors (Lipinski definition) is 7. The molecule has 1 N–H and O–H groups in total. The molecule has 0 radical (unpaired) electrons. The predicted octanol–water partition coefficient (Wildman–Crippen LogP) is 2.35. The van der Waals surface area contributed by atoms with Gasteiger partial charge in [0.15, 0.2) is 5.52 Å². The summed E-state index contributed by atoms with van der Waals surface area (Å²) in [6, 6.07) is 10.4. The van der Waals surface area contributed by atoms with Crippen LogP contribution in [-0.4, -0.2) is 72.1 Å². The van der Waals surface area contributed by atoms with Gasteiger partial charge in [-0.15, -0.1) is 0 Å². The minimum absolute atomic E-state index is 0.109. The van der Waals surface area contributed by atoms with E-state index < -0.39 is 0 Å². The Balaban J connectivity index is 1.47. The summed E-state index contributed by atoms with van der Waals surface area (Å²) in [5.41, 5.74) is 4.50. The van der Waals surface area contributed by atoms with Crippen molar-refractivity contribution in [3.05, 3.63) is 42.7 Å². The van der Waals surface area contributed by atoms with Crippen molar-refractivity contribution >= 4 is 22.6 Å². The molecule has 8 heteroatoms. The third-order valence-electron chi connectivity index (χ3n) is 6.27. The Hall–Kier alpha value is -3.26. The smallest absolute Gasteiger partial charge is 0.242 e. The van der Waals surface area contributed by atoms with Gasteiger partial charge in [-0.3, -0.25) is 9.78 Å². The van der Waals surface area contributed by atoms with Gasteiger partial charge in [0.2, 0.25) is 11.8 Å². The lowest BCUT2D eigenvalue weighted by atomic mass is 10.0. The number of amides is 1. The van der Waals surface area contributed by atoms with Crippen LogP contribution in [0.1, 0.15) is 12.8 Å². The number of piperidine rings is 1. The monoisotopic (exact) mass is 432 g/mol. The zero-order valence-electron chi connectivity index (χ0n) is 18.3. The van der Waals surface area contributed by atoms with Crippen molar-refractivity contribution in [3.63, 3.8) is 0 Å². The summed E-state index contributed by atoms with van der Waals surface area (Å²) in [7, 11) is 2.16. The maximum Gasteiger partial charge on any atom is 0.242 e. The number of nitrogens with zero attached hydrogens (tertiary/aromatic N) is 5. The highest BCUT2D eigenvalue weighted by Gasteiger charge is 2.22. The number of anilines is 1. The topological polar surface area (TPSA) is 83.5 Å². The van der Waals surface area contributed by atoms with Gasteiger partial charge in [-0.05, 0) is 25.6 Å². The van der Waals surface area contributed by atoms with Gasteiger partial charge in [-0.2, -0.15) is 0 Å². The summed E-state index contributed by atoms with van der Waals surface area (Å²) in [5.74, 6) is 0.872. The molecule has 166 valence electrons. The van der Waals surface area contributed by atoms with Gasteiger partial charge in [0.1, 0.15) is 0 Å². The maximum absolute atomic E-state index is 11.5. The van der Waals surface area contributed by atoms with Crippen LogP contribution in [-0.2, 0) is 4.79 Å². The fourth-order valence-electron chi connectivity index (χ4n) is 4.32. The number of pyridine rings is 1. The summed E-state index contributed by atoms with van der Waals surface area (Å²) < 4.78 is 6.17. The molecule has 2 aliphatic heterocycles. The molecule has 0 aliphatic carbocycles. The number of aromatic nitrogens is 3. The van der Waals surface area contributed by atoms with E-state index in [9.17, 15) is 4.79 Å². The van der Waals surface area contributed by atoms with Gasteiger partial charge in [0.25, 0.3) is 0 Å². The molecule has 1 amide bonds. The van der Waals surface area contributed by atoms with Crippen LogP contribution in [0.15, 0.2) is 42.7 Å². The summed E-state index contributed by atoms with van der Waals surface area (Å²) >= 11 is 0. The van der Waals surface area contributed by atoms with Crippen molar-refractivity contribution in [2.24, 2.45) is 5.92 Å². The quantitative estimate of drug-likeness (QED) is 0.663. The highest BCUT2D eigenvalue weighted by molar-refractivity contribution is 5.86. The number of piperazine rings is 1. The first-order valence-corrected chi connectivity index (χ1v) is 11.2. The largest absolute Gasteiger partial charge is 0.476 e. The molecule has 5 rings (SSSR count). The van der Waals surface area contributed by atoms with Crippen LogP contribution in [0.2, 0.25) is 0 Å². The number of rotatable bonds is 5. The molecule has 3 aromatic rings. The zero-order valence-corrected chi connectivity index (χ0v) is 18.3. The molecule has 0 bridgehead atoms. The second-order valence-corrected chi connectivity index (χ2v) is 8.56.